The second-order valence-corrected chi connectivity index (χ2v) is 8.93. The Morgan fingerprint density at radius 2 is 1.64 bits per heavy atom. The first-order chi connectivity index (χ1) is 12.9. The number of fused-ring (bicyclic) bond motifs is 1. The fraction of sp³-hybridized carbons (Fsp3) is 0.385. The van der Waals surface area contributed by atoms with Crippen molar-refractivity contribution < 1.29 is 26.2 Å². The van der Waals surface area contributed by atoms with Crippen LogP contribution in [0.25, 0.3) is 23.3 Å². The molecule has 28 heavy (non-hydrogen) atoms. The van der Waals surface area contributed by atoms with Gasteiger partial charge in [-0.2, -0.15) is 0 Å². The van der Waals surface area contributed by atoms with Crippen molar-refractivity contribution in [3.63, 3.8) is 0 Å². The maximum Gasteiger partial charge on any atom is 0.0719 e. The van der Waals surface area contributed by atoms with Gasteiger partial charge in [0.25, 0.3) is 0 Å². The van der Waals surface area contributed by atoms with Crippen LogP contribution in [-0.2, 0) is 26.2 Å². The van der Waals surface area contributed by atoms with Crippen LogP contribution in [0.1, 0.15) is 54.4 Å². The van der Waals surface area contributed by atoms with Crippen LogP contribution in [0.15, 0.2) is 29.8 Å². The van der Waals surface area contributed by atoms with Crippen molar-refractivity contribution in [1.82, 2.24) is 0 Å². The van der Waals surface area contributed by atoms with Crippen molar-refractivity contribution in [1.29, 1.82) is 0 Å². The van der Waals surface area contributed by atoms with Crippen LogP contribution in [0.5, 0.6) is 0 Å². The number of benzene rings is 2. The monoisotopic (exact) mass is 458 g/mol. The van der Waals surface area contributed by atoms with Gasteiger partial charge in [0, 0.05) is 26.2 Å². The van der Waals surface area contributed by atoms with Gasteiger partial charge in [0.2, 0.25) is 0 Å². The molecule has 3 radical (unpaired) electrons. The Labute approximate surface area is 192 Å². The van der Waals surface area contributed by atoms with E-state index in [1.165, 1.54) is 86.7 Å². The minimum absolute atomic E-state index is 0. The summed E-state index contributed by atoms with van der Waals surface area (Å²) in [5, 5.41) is 3.82. The quantitative estimate of drug-likeness (QED) is 0.463. The second-order valence-electron chi connectivity index (χ2n) is 8.43. The molecule has 0 unspecified atom stereocenters. The molecule has 0 N–H and O–H groups in total. The number of hydrogen-bond acceptors (Lipinski definition) is 0. The fourth-order valence-corrected chi connectivity index (χ4v) is 4.89. The Morgan fingerprint density at radius 3 is 2.36 bits per heavy atom. The first-order valence-electron chi connectivity index (χ1n) is 10.2. The molecule has 2 aromatic carbocycles. The van der Waals surface area contributed by atoms with E-state index in [2.05, 4.69) is 74.4 Å². The summed E-state index contributed by atoms with van der Waals surface area (Å²) in [7, 11) is 3.81. The molecule has 141 valence electrons. The third kappa shape index (κ3) is 4.14. The topological polar surface area (TPSA) is 0 Å². The Balaban J connectivity index is 0.00000225. The van der Waals surface area contributed by atoms with E-state index < -0.39 is 0 Å². The number of hydrogen-bond donors (Lipinski definition) is 0. The van der Waals surface area contributed by atoms with E-state index in [0.29, 0.717) is 0 Å². The molecule has 0 heterocycles. The molecule has 0 nitrogen and oxygen atoms in total. The maximum atomic E-state index is 3.81. The third-order valence-electron chi connectivity index (χ3n) is 6.36. The van der Waals surface area contributed by atoms with E-state index in [1.807, 2.05) is 0 Å². The second kappa shape index (κ2) is 8.80. The van der Waals surface area contributed by atoms with Gasteiger partial charge in [-0.3, -0.25) is 0 Å². The predicted octanol–water partition coefficient (Wildman–Crippen LogP) is 4.34. The van der Waals surface area contributed by atoms with Gasteiger partial charge in [-0.25, -0.2) is 0 Å². The average molecular weight is 460 g/mol. The summed E-state index contributed by atoms with van der Waals surface area (Å²) in [4.78, 5) is 0. The molecule has 2 aromatic rings. The molecule has 0 amide bonds. The van der Waals surface area contributed by atoms with Gasteiger partial charge in [0.1, 0.15) is 0 Å². The SMILES string of the molecule is Cc1cc(-c2cc(C)c([Si])c(C)c2C)c2c(c1)=[C-]C(=CC1CCCCC1)C=2.[Zr]. The molecule has 4 rings (SSSR count). The molecule has 2 aliphatic rings. The average Bonchev–Trinajstić information content (AvgIpc) is 3.05. The summed E-state index contributed by atoms with van der Waals surface area (Å²) in [5.74, 6) is 0.731. The Kier molecular flexibility index (Phi) is 6.83. The summed E-state index contributed by atoms with van der Waals surface area (Å²) in [6.07, 6.45) is 15.4. The number of allylic oxidation sites excluding steroid dienone is 2. The Morgan fingerprint density at radius 1 is 0.929 bits per heavy atom. The van der Waals surface area contributed by atoms with Crippen LogP contribution in [0.4, 0.5) is 0 Å². The molecule has 0 bridgehead atoms. The van der Waals surface area contributed by atoms with Gasteiger partial charge < -0.3 is 0 Å². The summed E-state index contributed by atoms with van der Waals surface area (Å²) >= 11 is 0. The zero-order valence-corrected chi connectivity index (χ0v) is 21.0. The molecule has 0 aliphatic heterocycles. The zero-order valence-electron chi connectivity index (χ0n) is 17.5. The molecule has 1 fully saturated rings. The first kappa shape index (κ1) is 21.7. The van der Waals surface area contributed by atoms with Crippen LogP contribution >= 0.6 is 0 Å². The van der Waals surface area contributed by atoms with Gasteiger partial charge in [-0.15, -0.1) is 40.3 Å². The molecule has 0 aromatic heterocycles. The number of rotatable bonds is 2. The van der Waals surface area contributed by atoms with Crippen LogP contribution in [0, 0.1) is 33.6 Å². The summed E-state index contributed by atoms with van der Waals surface area (Å²) in [6.45, 7) is 8.83. The number of aryl methyl sites for hydroxylation is 2. The van der Waals surface area contributed by atoms with Gasteiger partial charge in [0.15, 0.2) is 0 Å². The molecule has 0 saturated heterocycles. The molecule has 1 saturated carbocycles. The van der Waals surface area contributed by atoms with E-state index in [1.54, 1.807) is 0 Å². The fourth-order valence-electron chi connectivity index (χ4n) is 4.63. The van der Waals surface area contributed by atoms with E-state index in [-0.39, 0.29) is 26.2 Å². The van der Waals surface area contributed by atoms with Crippen molar-refractivity contribution in [3.8, 4) is 11.1 Å². The van der Waals surface area contributed by atoms with Crippen LogP contribution in [0.2, 0.25) is 0 Å². The summed E-state index contributed by atoms with van der Waals surface area (Å²) in [5.41, 5.74) is 9.28. The molecular weight excluding hydrogens is 432 g/mol. The van der Waals surface area contributed by atoms with Gasteiger partial charge in [-0.1, -0.05) is 66.1 Å². The zero-order chi connectivity index (χ0) is 19.1. The summed E-state index contributed by atoms with van der Waals surface area (Å²) in [6, 6.07) is 6.95. The van der Waals surface area contributed by atoms with Gasteiger partial charge in [0.05, 0.1) is 10.2 Å². The first-order valence-corrected chi connectivity index (χ1v) is 10.7. The third-order valence-corrected chi connectivity index (χ3v) is 7.12. The molecular formula is C26H28SiZr-. The van der Waals surface area contributed by atoms with E-state index in [4.69, 9.17) is 0 Å². The van der Waals surface area contributed by atoms with Crippen molar-refractivity contribution in [3.05, 3.63) is 62.5 Å². The molecule has 0 atom stereocenters. The smallest absolute Gasteiger partial charge is 0.0719 e. The Bertz CT molecular complexity index is 1050. The van der Waals surface area contributed by atoms with Crippen molar-refractivity contribution >= 4 is 27.6 Å². The van der Waals surface area contributed by atoms with Crippen molar-refractivity contribution in [2.24, 2.45) is 5.92 Å². The van der Waals surface area contributed by atoms with Crippen molar-refractivity contribution in [2.45, 2.75) is 59.8 Å². The van der Waals surface area contributed by atoms with Gasteiger partial charge in [-0.05, 0) is 50.3 Å². The van der Waals surface area contributed by atoms with Crippen LogP contribution < -0.4 is 15.6 Å². The Hall–Kier alpha value is -0.980. The standard InChI is InChI=1S/C26H28Si.Zr/c1-16-10-22-14-21(13-20-8-6-5-7-9-20)15-24(22)25(11-16)23-12-17(2)26(27)19(4)18(23)3;/h10-13,15,20H,5-9H2,1-4H3;/q-1;. The minimum Gasteiger partial charge on any atom is -0.145 e. The van der Waals surface area contributed by atoms with E-state index in [9.17, 15) is 0 Å². The van der Waals surface area contributed by atoms with Crippen molar-refractivity contribution in [2.75, 3.05) is 0 Å². The normalized spacial score (nSPS) is 17.7. The largest absolute Gasteiger partial charge is 0.145 e. The minimum atomic E-state index is 0. The predicted molar refractivity (Wildman–Crippen MR) is 118 cm³/mol. The van der Waals surface area contributed by atoms with Gasteiger partial charge >= 0.3 is 0 Å². The molecule has 2 aliphatic carbocycles. The van der Waals surface area contributed by atoms with E-state index in [0.717, 1.165) is 5.92 Å². The molecule has 2 heteroatoms. The van der Waals surface area contributed by atoms with Crippen LogP contribution in [0.3, 0.4) is 0 Å². The van der Waals surface area contributed by atoms with E-state index >= 15 is 0 Å². The maximum absolute atomic E-state index is 3.81. The summed E-state index contributed by atoms with van der Waals surface area (Å²) < 4.78 is 0. The molecule has 0 spiro atoms. The van der Waals surface area contributed by atoms with Crippen LogP contribution in [-0.4, -0.2) is 10.2 Å².